The summed E-state index contributed by atoms with van der Waals surface area (Å²) in [7, 11) is 5.44. The highest BCUT2D eigenvalue weighted by Gasteiger charge is 2.43. The number of aryl methyl sites for hydroxylation is 2. The van der Waals surface area contributed by atoms with Crippen LogP contribution in [0.4, 0.5) is 48.1 Å². The van der Waals surface area contributed by atoms with E-state index < -0.39 is 41.5 Å². The topological polar surface area (TPSA) is 151 Å². The van der Waals surface area contributed by atoms with Gasteiger partial charge in [0, 0.05) is 79.4 Å². The molecule has 2 fully saturated rings. The molecule has 1 N–H and O–H groups in total. The predicted octanol–water partition coefficient (Wildman–Crippen LogP) is 8.63. The van der Waals surface area contributed by atoms with Crippen LogP contribution in [0.15, 0.2) is 104 Å². The lowest BCUT2D eigenvalue weighted by molar-refractivity contribution is -0.661. The zero-order valence-corrected chi connectivity index (χ0v) is 43.7. The van der Waals surface area contributed by atoms with Crippen molar-refractivity contribution in [3.05, 3.63) is 143 Å². The summed E-state index contributed by atoms with van der Waals surface area (Å²) in [6, 6.07) is 22.8. The quantitative estimate of drug-likeness (QED) is 0.0824. The molecule has 0 unspecified atom stereocenters. The molecule has 2 amide bonds. The second-order valence-electron chi connectivity index (χ2n) is 20.6. The van der Waals surface area contributed by atoms with Gasteiger partial charge in [0.15, 0.2) is 12.5 Å². The number of halogens is 7. The maximum absolute atomic E-state index is 14.7. The summed E-state index contributed by atoms with van der Waals surface area (Å²) in [5, 5.41) is 21.5. The molecule has 0 aliphatic carbocycles. The third-order valence-corrected chi connectivity index (χ3v) is 15.1. The molecule has 4 aliphatic heterocycles. The molecule has 8 aromatic rings. The molecule has 8 heterocycles. The van der Waals surface area contributed by atoms with Gasteiger partial charge in [-0.2, -0.15) is 31.4 Å². The summed E-state index contributed by atoms with van der Waals surface area (Å²) in [5.74, 6) is 0.267. The lowest BCUT2D eigenvalue weighted by Crippen LogP contribution is -2.51. The number of likely N-dealkylation sites (N-methyl/N-ethyl adjacent to an activating group) is 1. The van der Waals surface area contributed by atoms with Crippen LogP contribution in [0, 0.1) is 0 Å². The summed E-state index contributed by atoms with van der Waals surface area (Å²) in [4.78, 5) is 39.4. The van der Waals surface area contributed by atoms with Gasteiger partial charge in [0.2, 0.25) is 0 Å². The van der Waals surface area contributed by atoms with E-state index >= 15 is 0 Å². The molecular weight excluding hydrogens is 1050 g/mol. The van der Waals surface area contributed by atoms with E-state index in [1.807, 2.05) is 60.8 Å². The van der Waals surface area contributed by atoms with E-state index in [1.165, 1.54) is 21.9 Å². The maximum atomic E-state index is 14.7. The van der Waals surface area contributed by atoms with E-state index in [4.69, 9.17) is 14.8 Å². The van der Waals surface area contributed by atoms with E-state index in [2.05, 4.69) is 20.6 Å². The fourth-order valence-corrected chi connectivity index (χ4v) is 11.4. The summed E-state index contributed by atoms with van der Waals surface area (Å²) in [5.41, 5.74) is 2.15. The Morgan fingerprint density at radius 3 is 2.23 bits per heavy atom. The molecule has 0 bridgehead atoms. The van der Waals surface area contributed by atoms with Crippen LogP contribution in [0.1, 0.15) is 61.9 Å². The lowest BCUT2D eigenvalue weighted by Gasteiger charge is -2.36. The number of rotatable bonds is 14. The van der Waals surface area contributed by atoms with Gasteiger partial charge in [0.1, 0.15) is 36.0 Å². The van der Waals surface area contributed by atoms with Gasteiger partial charge in [0.25, 0.3) is 24.0 Å². The Balaban J connectivity index is 0.840. The summed E-state index contributed by atoms with van der Waals surface area (Å²) in [6.07, 6.45) is -5.70. The number of amides is 2. The minimum atomic E-state index is -4.77. The van der Waals surface area contributed by atoms with Gasteiger partial charge >= 0.3 is 12.4 Å². The van der Waals surface area contributed by atoms with Crippen LogP contribution in [0.2, 0.25) is 0 Å². The Kier molecular flexibility index (Phi) is 13.0. The van der Waals surface area contributed by atoms with Crippen molar-refractivity contribution >= 4 is 29.1 Å². The number of nitrogens with zero attached hydrogens (tertiary/aromatic N) is 13. The van der Waals surface area contributed by atoms with Crippen LogP contribution in [0.5, 0.6) is 5.75 Å². The highest BCUT2D eigenvalue weighted by Crippen LogP contribution is 2.44. The molecule has 24 heteroatoms. The predicted molar refractivity (Wildman–Crippen MR) is 280 cm³/mol. The fourth-order valence-electron chi connectivity index (χ4n) is 11.4. The number of likely N-dealkylation sites (tertiary alicyclic amines) is 2. The largest absolute Gasteiger partial charge is 0.488 e. The average molecular weight is 1100 g/mol. The van der Waals surface area contributed by atoms with Crippen molar-refractivity contribution in [1.82, 2.24) is 49.1 Å². The summed E-state index contributed by atoms with van der Waals surface area (Å²) < 4.78 is 115. The van der Waals surface area contributed by atoms with Gasteiger partial charge in [-0.1, -0.05) is 41.1 Å². The second kappa shape index (κ2) is 20.0. The molecule has 12 rings (SSSR count). The van der Waals surface area contributed by atoms with E-state index in [1.54, 1.807) is 75.1 Å². The first-order valence-electron chi connectivity index (χ1n) is 25.9. The number of alkyl halides is 7. The Morgan fingerprint density at radius 2 is 1.50 bits per heavy atom. The molecule has 80 heavy (non-hydrogen) atoms. The van der Waals surface area contributed by atoms with Crippen LogP contribution < -0.4 is 24.4 Å². The minimum absolute atomic E-state index is 0.0283. The Bertz CT molecular complexity index is 3750. The standard InChI is InChI=1S/C56H52F7N14O3/c1-5-64-48-18-34(19-49(68-48)76-28-45-42(54(76)79)20-37(21-47(45)56(61,62)63)80-38-25-70(2)26-38)50-43(22-66-72(50)4)52-71(3)30-67-77(52)31-74-29-65-69-51(74)40-12-7-6-11-39(40)33-9-8-10-36(17-33)75-27-44-41(53(75)78)15-32(16-46(44)55(58,59)60)23-73-14-13-35(57)24-73/h6-12,15-22,29-30,35,38H,5,13-14,23-28,31H2,1-4H3,(H,64,68)/q+1/t35-/m1/s1. The molecular formula is C56H52F7N14O3+. The van der Waals surface area contributed by atoms with Crippen molar-refractivity contribution in [3.63, 3.8) is 0 Å². The Labute approximate surface area is 453 Å². The molecule has 0 radical (unpaired) electrons. The van der Waals surface area contributed by atoms with Crippen LogP contribution >= 0.6 is 0 Å². The number of carbonyl (C=O) groups is 2. The smallest absolute Gasteiger partial charge is 0.416 e. The first kappa shape index (κ1) is 52.2. The number of carbonyl (C=O) groups excluding carboxylic acids is 2. The first-order chi connectivity index (χ1) is 38.3. The molecule has 4 aromatic heterocycles. The van der Waals surface area contributed by atoms with E-state index in [9.17, 15) is 40.3 Å². The van der Waals surface area contributed by atoms with Crippen molar-refractivity contribution < 1.29 is 49.6 Å². The van der Waals surface area contributed by atoms with Crippen LogP contribution in [-0.2, 0) is 52.8 Å². The molecule has 4 aromatic carbocycles. The SMILES string of the molecule is CCNc1cc(-c2c(-c3n(Cn4cnnc4-c4ccccc4-c4cccc(N5Cc6c(cc(CN7CC[C@@H](F)C7)cc6C(F)(F)F)C5=O)c4)nc[n+]3C)cnn2C)cc(N2Cc3c(cc(OC4CN(C)C4)cc3C(F)(F)F)C2=O)n1. The Morgan fingerprint density at radius 1 is 0.775 bits per heavy atom. The average Bonchev–Trinajstić information content (AvgIpc) is 4.30. The van der Waals surface area contributed by atoms with Gasteiger partial charge < -0.3 is 15.0 Å². The van der Waals surface area contributed by atoms with Gasteiger partial charge in [-0.25, -0.2) is 13.9 Å². The molecule has 2 saturated heterocycles. The number of anilines is 3. The third kappa shape index (κ3) is 9.58. The summed E-state index contributed by atoms with van der Waals surface area (Å²) >= 11 is 0. The second-order valence-corrected chi connectivity index (χ2v) is 20.6. The van der Waals surface area contributed by atoms with Gasteiger partial charge in [-0.15, -0.1) is 10.2 Å². The number of ether oxygens (including phenoxy) is 1. The number of fused-ring (bicyclic) bond motifs is 2. The number of nitrogens with one attached hydrogen (secondary N) is 1. The van der Waals surface area contributed by atoms with E-state index in [-0.39, 0.29) is 72.8 Å². The van der Waals surface area contributed by atoms with Crippen molar-refractivity contribution in [2.24, 2.45) is 14.1 Å². The number of benzene rings is 4. The summed E-state index contributed by atoms with van der Waals surface area (Å²) in [6.45, 7) is 3.43. The number of pyridine rings is 1. The van der Waals surface area contributed by atoms with Crippen molar-refractivity contribution in [3.8, 4) is 50.9 Å². The van der Waals surface area contributed by atoms with Crippen LogP contribution in [0.25, 0.3) is 45.2 Å². The fraction of sp³-hybridized carbons (Fsp3) is 0.321. The molecule has 412 valence electrons. The normalized spacial score (nSPS) is 17.0. The minimum Gasteiger partial charge on any atom is -0.488 e. The highest BCUT2D eigenvalue weighted by atomic mass is 19.4. The van der Waals surface area contributed by atoms with Crippen molar-refractivity contribution in [2.45, 2.75) is 64.3 Å². The lowest BCUT2D eigenvalue weighted by atomic mass is 9.98. The zero-order chi connectivity index (χ0) is 55.9. The van der Waals surface area contributed by atoms with Crippen LogP contribution in [0.3, 0.4) is 0 Å². The van der Waals surface area contributed by atoms with Crippen molar-refractivity contribution in [2.75, 3.05) is 54.9 Å². The van der Waals surface area contributed by atoms with Gasteiger partial charge in [0.05, 0.1) is 48.7 Å². The first-order valence-corrected chi connectivity index (χ1v) is 25.9. The molecule has 4 aliphatic rings. The van der Waals surface area contributed by atoms with E-state index in [0.717, 1.165) is 12.1 Å². The van der Waals surface area contributed by atoms with E-state index in [0.29, 0.717) is 94.8 Å². The molecule has 0 spiro atoms. The van der Waals surface area contributed by atoms with Gasteiger partial charge in [-0.05, 0) is 96.7 Å². The number of aromatic nitrogens is 9. The monoisotopic (exact) mass is 1100 g/mol. The number of hydrogen-bond donors (Lipinski definition) is 1. The van der Waals surface area contributed by atoms with Crippen LogP contribution in [-0.4, -0.2) is 113 Å². The Hall–Kier alpha value is -8.51. The van der Waals surface area contributed by atoms with Crippen molar-refractivity contribution in [1.29, 1.82) is 0 Å². The van der Waals surface area contributed by atoms with Gasteiger partial charge in [-0.3, -0.25) is 33.5 Å². The molecule has 17 nitrogen and oxygen atoms in total. The highest BCUT2D eigenvalue weighted by molar-refractivity contribution is 6.11. The zero-order valence-electron chi connectivity index (χ0n) is 43.7. The maximum Gasteiger partial charge on any atom is 0.416 e. The molecule has 0 saturated carbocycles. The number of hydrogen-bond acceptors (Lipinski definition) is 11. The third-order valence-electron chi connectivity index (χ3n) is 15.1. The molecule has 1 atom stereocenters.